The summed E-state index contributed by atoms with van der Waals surface area (Å²) in [6, 6.07) is 2.30. The summed E-state index contributed by atoms with van der Waals surface area (Å²) >= 11 is 0. The molecular weight excluding hydrogens is 384 g/mol. The van der Waals surface area contributed by atoms with Crippen molar-refractivity contribution in [2.24, 2.45) is 0 Å². The number of aromatic carboxylic acids is 1. The van der Waals surface area contributed by atoms with Gasteiger partial charge in [0.1, 0.15) is 5.56 Å². The Morgan fingerprint density at radius 2 is 1.90 bits per heavy atom. The van der Waals surface area contributed by atoms with E-state index in [1.54, 1.807) is 4.90 Å². The van der Waals surface area contributed by atoms with Gasteiger partial charge in [-0.05, 0) is 19.2 Å². The lowest BCUT2D eigenvalue weighted by atomic mass is 10.1. The first-order valence-corrected chi connectivity index (χ1v) is 8.89. The van der Waals surface area contributed by atoms with Crippen LogP contribution in [0.1, 0.15) is 10.4 Å². The van der Waals surface area contributed by atoms with Crippen LogP contribution in [0.5, 0.6) is 0 Å². The molecule has 8 nitrogen and oxygen atoms in total. The summed E-state index contributed by atoms with van der Waals surface area (Å²) in [5.74, 6) is -2.93. The van der Waals surface area contributed by atoms with E-state index in [0.717, 1.165) is 23.0 Å². The summed E-state index contributed by atoms with van der Waals surface area (Å²) in [7, 11) is 1.96. The molecular formula is C19H17F2N5O3. The van der Waals surface area contributed by atoms with Crippen molar-refractivity contribution in [1.29, 1.82) is 0 Å². The topological polar surface area (TPSA) is 91.6 Å². The van der Waals surface area contributed by atoms with Gasteiger partial charge in [0.15, 0.2) is 23.1 Å². The molecule has 0 radical (unpaired) electrons. The number of hydrogen-bond acceptors (Lipinski definition) is 6. The Morgan fingerprint density at radius 1 is 1.17 bits per heavy atom. The number of rotatable bonds is 3. The highest BCUT2D eigenvalue weighted by Gasteiger charge is 2.23. The predicted molar refractivity (Wildman–Crippen MR) is 102 cm³/mol. The molecule has 4 heterocycles. The Hall–Kier alpha value is -3.40. The molecule has 3 aromatic rings. The van der Waals surface area contributed by atoms with E-state index in [1.807, 2.05) is 7.05 Å². The average molecular weight is 401 g/mol. The van der Waals surface area contributed by atoms with Gasteiger partial charge in [-0.15, -0.1) is 0 Å². The van der Waals surface area contributed by atoms with E-state index in [2.05, 4.69) is 14.9 Å². The number of anilines is 1. The smallest absolute Gasteiger partial charge is 0.341 e. The number of nitrogens with zero attached hydrogens (tertiary/aromatic N) is 5. The number of carbonyl (C=O) groups is 1. The zero-order chi connectivity index (χ0) is 20.7. The summed E-state index contributed by atoms with van der Waals surface area (Å²) in [5.41, 5.74) is -1.56. The fraction of sp³-hybridized carbons (Fsp3) is 0.263. The maximum atomic E-state index is 14.8. The number of likely N-dealkylation sites (N-methyl/N-ethyl adjacent to an activating group) is 1. The molecule has 0 atom stereocenters. The van der Waals surface area contributed by atoms with Gasteiger partial charge in [0.05, 0.1) is 17.3 Å². The van der Waals surface area contributed by atoms with Crippen LogP contribution in [0.3, 0.4) is 0 Å². The molecule has 0 bridgehead atoms. The van der Waals surface area contributed by atoms with Crippen molar-refractivity contribution in [2.75, 3.05) is 38.1 Å². The van der Waals surface area contributed by atoms with Crippen LogP contribution in [0.15, 0.2) is 35.5 Å². The molecule has 1 saturated heterocycles. The van der Waals surface area contributed by atoms with Crippen LogP contribution in [-0.4, -0.2) is 63.7 Å². The van der Waals surface area contributed by atoms with Gasteiger partial charge >= 0.3 is 5.97 Å². The molecule has 3 aromatic heterocycles. The van der Waals surface area contributed by atoms with Gasteiger partial charge in [-0.3, -0.25) is 14.3 Å². The molecule has 150 valence electrons. The Bertz CT molecular complexity index is 1170. The van der Waals surface area contributed by atoms with E-state index < -0.39 is 28.6 Å². The van der Waals surface area contributed by atoms with Crippen LogP contribution in [0.25, 0.3) is 16.7 Å². The second-order valence-electron chi connectivity index (χ2n) is 6.83. The Morgan fingerprint density at radius 3 is 2.55 bits per heavy atom. The van der Waals surface area contributed by atoms with E-state index in [-0.39, 0.29) is 22.5 Å². The zero-order valence-electron chi connectivity index (χ0n) is 15.5. The van der Waals surface area contributed by atoms with Crippen molar-refractivity contribution in [3.63, 3.8) is 0 Å². The first kappa shape index (κ1) is 18.9. The zero-order valence-corrected chi connectivity index (χ0v) is 15.5. The monoisotopic (exact) mass is 401 g/mol. The van der Waals surface area contributed by atoms with Crippen LogP contribution in [0.4, 0.5) is 14.6 Å². The van der Waals surface area contributed by atoms with Crippen molar-refractivity contribution < 1.29 is 18.7 Å². The molecule has 0 aromatic carbocycles. The second kappa shape index (κ2) is 7.21. The molecule has 0 saturated carbocycles. The summed E-state index contributed by atoms with van der Waals surface area (Å²) in [6.45, 7) is 2.49. The first-order chi connectivity index (χ1) is 13.9. The van der Waals surface area contributed by atoms with Crippen LogP contribution in [0, 0.1) is 11.6 Å². The maximum Gasteiger partial charge on any atom is 0.341 e. The quantitative estimate of drug-likeness (QED) is 0.711. The fourth-order valence-electron chi connectivity index (χ4n) is 3.35. The van der Waals surface area contributed by atoms with Gasteiger partial charge in [0.25, 0.3) is 0 Å². The molecule has 0 aliphatic carbocycles. The standard InChI is InChI=1S/C19H17F2N5O3/c1-24-4-6-25(7-5-24)18-13(20)8-11-16(27)12(19(28)29)10-26(17(11)23-18)15-2-3-22-9-14(15)21/h2-3,8-10H,4-7H2,1H3,(H,28,29). The number of fused-ring (bicyclic) bond motifs is 1. The molecule has 10 heteroatoms. The van der Waals surface area contributed by atoms with Gasteiger partial charge in [-0.2, -0.15) is 0 Å². The number of piperazine rings is 1. The second-order valence-corrected chi connectivity index (χ2v) is 6.83. The normalized spacial score (nSPS) is 15.1. The minimum Gasteiger partial charge on any atom is -0.477 e. The first-order valence-electron chi connectivity index (χ1n) is 8.89. The van der Waals surface area contributed by atoms with E-state index in [1.165, 1.54) is 12.3 Å². The lowest BCUT2D eigenvalue weighted by molar-refractivity contribution is 0.0695. The molecule has 29 heavy (non-hydrogen) atoms. The average Bonchev–Trinajstić information content (AvgIpc) is 2.69. The van der Waals surface area contributed by atoms with Crippen molar-refractivity contribution in [1.82, 2.24) is 19.4 Å². The Labute approximate surface area is 163 Å². The molecule has 4 rings (SSSR count). The SMILES string of the molecule is CN1CCN(c2nc3c(cc2F)c(=O)c(C(=O)O)cn3-c2ccncc2F)CC1. The Balaban J connectivity index is 2.00. The van der Waals surface area contributed by atoms with E-state index >= 15 is 0 Å². The van der Waals surface area contributed by atoms with Crippen LogP contribution < -0.4 is 10.3 Å². The lowest BCUT2D eigenvalue weighted by Crippen LogP contribution is -2.45. The summed E-state index contributed by atoms with van der Waals surface area (Å²) in [5, 5.41) is 9.13. The number of carboxylic acids is 1. The number of halogens is 2. The minimum absolute atomic E-state index is 0.0274. The molecule has 0 spiro atoms. The molecule has 0 unspecified atom stereocenters. The molecule has 1 fully saturated rings. The fourth-order valence-corrected chi connectivity index (χ4v) is 3.35. The minimum atomic E-state index is -1.50. The van der Waals surface area contributed by atoms with Crippen LogP contribution >= 0.6 is 0 Å². The summed E-state index contributed by atoms with van der Waals surface area (Å²) in [6.07, 6.45) is 3.29. The van der Waals surface area contributed by atoms with Crippen molar-refractivity contribution >= 4 is 22.8 Å². The highest BCUT2D eigenvalue weighted by atomic mass is 19.1. The highest BCUT2D eigenvalue weighted by Crippen LogP contribution is 2.25. The van der Waals surface area contributed by atoms with Gasteiger partial charge < -0.3 is 14.9 Å². The summed E-state index contributed by atoms with van der Waals surface area (Å²) in [4.78, 5) is 35.9. The third-order valence-electron chi connectivity index (χ3n) is 4.96. The van der Waals surface area contributed by atoms with Gasteiger partial charge in [-0.25, -0.2) is 18.6 Å². The largest absolute Gasteiger partial charge is 0.477 e. The molecule has 1 N–H and O–H groups in total. The van der Waals surface area contributed by atoms with Gasteiger partial charge in [0, 0.05) is 38.6 Å². The molecule has 1 aliphatic rings. The van der Waals surface area contributed by atoms with Crippen molar-refractivity contribution in [2.45, 2.75) is 0 Å². The van der Waals surface area contributed by atoms with E-state index in [4.69, 9.17) is 0 Å². The maximum absolute atomic E-state index is 14.8. The van der Waals surface area contributed by atoms with Crippen molar-refractivity contribution in [3.8, 4) is 5.69 Å². The van der Waals surface area contributed by atoms with Gasteiger partial charge in [-0.1, -0.05) is 0 Å². The molecule has 1 aliphatic heterocycles. The van der Waals surface area contributed by atoms with Crippen molar-refractivity contribution in [3.05, 3.63) is 58.1 Å². The summed E-state index contributed by atoms with van der Waals surface area (Å²) < 4.78 is 30.4. The highest BCUT2D eigenvalue weighted by molar-refractivity contribution is 5.92. The Kier molecular flexibility index (Phi) is 4.71. The molecule has 0 amide bonds. The number of aromatic nitrogens is 3. The number of carboxylic acid groups (broad SMARTS) is 1. The van der Waals surface area contributed by atoms with Crippen LogP contribution in [-0.2, 0) is 0 Å². The third-order valence-corrected chi connectivity index (χ3v) is 4.96. The van der Waals surface area contributed by atoms with Crippen LogP contribution in [0.2, 0.25) is 0 Å². The predicted octanol–water partition coefficient (Wildman–Crippen LogP) is 1.51. The van der Waals surface area contributed by atoms with E-state index in [0.29, 0.717) is 26.2 Å². The number of pyridine rings is 3. The third kappa shape index (κ3) is 3.31. The number of hydrogen-bond donors (Lipinski definition) is 1. The lowest BCUT2D eigenvalue weighted by Gasteiger charge is -2.33. The van der Waals surface area contributed by atoms with Gasteiger partial charge in [0.2, 0.25) is 5.43 Å². The van der Waals surface area contributed by atoms with E-state index in [9.17, 15) is 23.5 Å².